The third-order valence-electron chi connectivity index (χ3n) is 6.50. The van der Waals surface area contributed by atoms with Gasteiger partial charge in [0.05, 0.1) is 0 Å². The van der Waals surface area contributed by atoms with Crippen LogP contribution in [0.25, 0.3) is 12.2 Å². The van der Waals surface area contributed by atoms with E-state index >= 15 is 0 Å². The summed E-state index contributed by atoms with van der Waals surface area (Å²) < 4.78 is 1.59. The molecule has 5 rings (SSSR count). The van der Waals surface area contributed by atoms with Gasteiger partial charge in [-0.3, -0.25) is 0 Å². The molecule has 0 saturated carbocycles. The molecule has 2 aliphatic carbocycles. The summed E-state index contributed by atoms with van der Waals surface area (Å²) in [6.07, 6.45) is 5.23. The van der Waals surface area contributed by atoms with Crippen LogP contribution in [0.4, 0.5) is 0 Å². The van der Waals surface area contributed by atoms with E-state index in [0.717, 1.165) is 8.45 Å². The monoisotopic (exact) mass is 432 g/mol. The van der Waals surface area contributed by atoms with Gasteiger partial charge in [0.2, 0.25) is 0 Å². The number of rotatable bonds is 2. The molecular weight excluding hydrogens is 411 g/mol. The zero-order valence-corrected chi connectivity index (χ0v) is 19.2. The normalized spacial score (nSPS) is 22.7. The molecule has 0 bridgehead atoms. The predicted octanol–water partition coefficient (Wildman–Crippen LogP) is -0.0659. The first-order valence-corrected chi connectivity index (χ1v) is 13.4. The van der Waals surface area contributed by atoms with Gasteiger partial charge < -0.3 is 24.8 Å². The molecule has 0 radical (unpaired) electrons. The number of hydrogen-bond donors (Lipinski definition) is 0. The second-order valence-corrected chi connectivity index (χ2v) is 14.3. The van der Waals surface area contributed by atoms with Crippen LogP contribution in [0.5, 0.6) is 0 Å². The van der Waals surface area contributed by atoms with Gasteiger partial charge in [-0.25, -0.2) is 0 Å². The van der Waals surface area contributed by atoms with Gasteiger partial charge in [-0.15, -0.1) is 0 Å². The fourth-order valence-corrected chi connectivity index (χ4v) is 16.0. The topological polar surface area (TPSA) is 0 Å². The summed E-state index contributed by atoms with van der Waals surface area (Å²) in [6, 6.07) is 21.1. The second-order valence-electron chi connectivity index (χ2n) is 7.28. The van der Waals surface area contributed by atoms with Crippen LogP contribution in [0.2, 0.25) is 12.1 Å². The molecule has 1 saturated heterocycles. The Balaban J connectivity index is 0.000000980. The van der Waals surface area contributed by atoms with E-state index < -0.39 is 8.07 Å². The van der Waals surface area contributed by atoms with E-state index in [1.807, 2.05) is 10.4 Å². The van der Waals surface area contributed by atoms with Crippen LogP contribution in [0, 0.1) is 0 Å². The Hall–Kier alpha value is -0.569. The Morgan fingerprint density at radius 1 is 0.731 bits per heavy atom. The standard InChI is InChI=1S/C22H22Si.2ClH.Ti/c1-3-23(4-2,21-13-17-9-5-6-10-18(17)14-21)22-15-19-11-7-8-12-20(19)16-22;;;/h5-16H,3-4H2,1-2H3;2*1H;/q;;;+2/p-2. The van der Waals surface area contributed by atoms with Crippen molar-refractivity contribution in [1.82, 2.24) is 0 Å². The van der Waals surface area contributed by atoms with Crippen LogP contribution in [0.15, 0.2) is 58.9 Å². The van der Waals surface area contributed by atoms with Crippen LogP contribution in [0.1, 0.15) is 44.5 Å². The fraction of sp³-hybridized carbons (Fsp3) is 0.273. The Labute approximate surface area is 178 Å². The first kappa shape index (κ1) is 20.2. The van der Waals surface area contributed by atoms with E-state index in [1.165, 1.54) is 23.2 Å². The van der Waals surface area contributed by atoms with E-state index in [9.17, 15) is 0 Å². The zero-order valence-electron chi connectivity index (χ0n) is 15.1. The maximum atomic E-state index is 2.61. The van der Waals surface area contributed by atoms with Gasteiger partial charge in [0, 0.05) is 0 Å². The molecule has 132 valence electrons. The van der Waals surface area contributed by atoms with Crippen LogP contribution in [0.3, 0.4) is 0 Å². The summed E-state index contributed by atoms with van der Waals surface area (Å²) in [5.41, 5.74) is 6.34. The van der Waals surface area contributed by atoms with E-state index in [1.54, 1.807) is 11.1 Å². The van der Waals surface area contributed by atoms with Crippen molar-refractivity contribution < 1.29 is 44.0 Å². The first-order chi connectivity index (χ1) is 11.8. The number of benzene rings is 2. The van der Waals surface area contributed by atoms with E-state index in [2.05, 4.69) is 74.5 Å². The second kappa shape index (κ2) is 7.45. The molecule has 2 aromatic rings. The molecule has 2 unspecified atom stereocenters. The van der Waals surface area contributed by atoms with Crippen molar-refractivity contribution in [2.45, 2.75) is 34.4 Å². The van der Waals surface area contributed by atoms with Crippen LogP contribution in [-0.4, -0.2) is 8.07 Å². The minimum absolute atomic E-state index is 0. The van der Waals surface area contributed by atoms with Gasteiger partial charge in [0.1, 0.15) is 0 Å². The van der Waals surface area contributed by atoms with Crippen LogP contribution >= 0.6 is 0 Å². The molecule has 0 amide bonds. The molecule has 0 spiro atoms. The van der Waals surface area contributed by atoms with Crippen molar-refractivity contribution in [1.29, 1.82) is 0 Å². The minimum Gasteiger partial charge on any atom is -1.00 e. The molecule has 2 aromatic carbocycles. The molecule has 26 heavy (non-hydrogen) atoms. The summed E-state index contributed by atoms with van der Waals surface area (Å²) >= 11 is -0.0883. The third-order valence-corrected chi connectivity index (χ3v) is 15.9. The van der Waals surface area contributed by atoms with Gasteiger partial charge in [-0.05, 0) is 0 Å². The third kappa shape index (κ3) is 2.59. The average molecular weight is 433 g/mol. The first-order valence-electron chi connectivity index (χ1n) is 9.16. The maximum Gasteiger partial charge on any atom is -1.00 e. The summed E-state index contributed by atoms with van der Waals surface area (Å²) in [4.78, 5) is 0. The summed E-state index contributed by atoms with van der Waals surface area (Å²) in [7, 11) is -1.53. The quantitative estimate of drug-likeness (QED) is 0.583. The molecule has 1 fully saturated rings. The largest absolute Gasteiger partial charge is 1.00 e. The smallest absolute Gasteiger partial charge is 1.00 e. The molecule has 1 heterocycles. The van der Waals surface area contributed by atoms with Crippen molar-refractivity contribution in [3.63, 3.8) is 0 Å². The summed E-state index contributed by atoms with van der Waals surface area (Å²) in [6.45, 7) is 4.92. The number of halogens is 2. The Morgan fingerprint density at radius 2 is 1.15 bits per heavy atom. The SMILES string of the molecule is CC[Si]1(CC)C2=Cc3ccccc3[CH]2[Ti+2][CH]2C1=Cc1ccccc12.[Cl-].[Cl-]. The molecular formula is C22H22Cl2SiTi. The van der Waals surface area contributed by atoms with Crippen LogP contribution in [-0.2, 0) is 19.2 Å². The molecule has 3 aliphatic rings. The van der Waals surface area contributed by atoms with Crippen molar-refractivity contribution in [2.24, 2.45) is 0 Å². The summed E-state index contributed by atoms with van der Waals surface area (Å²) in [5, 5.41) is 3.76. The minimum atomic E-state index is -1.53. The summed E-state index contributed by atoms with van der Waals surface area (Å²) in [5.74, 6) is 0. The zero-order chi connectivity index (χ0) is 16.3. The Bertz CT molecular complexity index is 829. The Morgan fingerprint density at radius 3 is 1.58 bits per heavy atom. The Kier molecular flexibility index (Phi) is 5.78. The van der Waals surface area contributed by atoms with Crippen molar-refractivity contribution in [3.05, 3.63) is 81.2 Å². The van der Waals surface area contributed by atoms with E-state index in [0.29, 0.717) is 0 Å². The molecule has 0 nitrogen and oxygen atoms in total. The molecule has 4 heteroatoms. The molecule has 2 atom stereocenters. The van der Waals surface area contributed by atoms with Crippen LogP contribution < -0.4 is 24.8 Å². The van der Waals surface area contributed by atoms with Crippen molar-refractivity contribution in [3.8, 4) is 0 Å². The van der Waals surface area contributed by atoms with E-state index in [-0.39, 0.29) is 44.0 Å². The van der Waals surface area contributed by atoms with Gasteiger partial charge in [-0.2, -0.15) is 0 Å². The maximum absolute atomic E-state index is 2.61. The van der Waals surface area contributed by atoms with Gasteiger partial charge in [0.25, 0.3) is 0 Å². The molecule has 1 aliphatic heterocycles. The number of allylic oxidation sites excluding steroid dienone is 2. The van der Waals surface area contributed by atoms with Gasteiger partial charge in [-0.1, -0.05) is 0 Å². The predicted molar refractivity (Wildman–Crippen MR) is 101 cm³/mol. The van der Waals surface area contributed by atoms with E-state index in [4.69, 9.17) is 0 Å². The fourth-order valence-electron chi connectivity index (χ4n) is 5.24. The molecule has 0 aromatic heterocycles. The van der Waals surface area contributed by atoms with Gasteiger partial charge in [0.15, 0.2) is 0 Å². The van der Waals surface area contributed by atoms with Crippen molar-refractivity contribution >= 4 is 20.2 Å². The van der Waals surface area contributed by atoms with Crippen molar-refractivity contribution in [2.75, 3.05) is 0 Å². The number of fused-ring (bicyclic) bond motifs is 6. The molecule has 0 N–H and O–H groups in total. The van der Waals surface area contributed by atoms with Gasteiger partial charge >= 0.3 is 155 Å². The number of hydrogen-bond acceptors (Lipinski definition) is 0. The average Bonchev–Trinajstić information content (AvgIpc) is 3.19.